The van der Waals surface area contributed by atoms with Gasteiger partial charge in [0.2, 0.25) is 0 Å². The van der Waals surface area contributed by atoms with E-state index in [4.69, 9.17) is 28.3 Å². The number of phenols is 2. The molecule has 0 saturated carbocycles. The molecule has 0 bridgehead atoms. The molecular formula is C78H46BF2N3O12. The Kier molecular flexibility index (Phi) is 15.5. The lowest BCUT2D eigenvalue weighted by Gasteiger charge is -2.17. The number of phenolic OH excluding ortho intramolecular Hbond substituents is 2. The SMILES string of the molecule is COc1ccc(C2=CC(c3ccc(C#Cc4ccc(-c5c6ccc(=O)cc-6oc6cc(O)ccc56)c(C(=O)O)c4)cc3)=N/C2=N\c2c(-c3ccc(OC)cc3)cc(-c3ccc(C#Cc4ccc(-c5c6ccc(=O)cc-6oc6cc(O)ccc56)c(C(=O)O)c4)cc3)n2B(F)F)cc1. The number of allylic oxidation sites excluding steroid dienone is 1. The van der Waals surface area contributed by atoms with Gasteiger partial charge < -0.3 is 43.2 Å². The van der Waals surface area contributed by atoms with Crippen LogP contribution in [0.3, 0.4) is 0 Å². The van der Waals surface area contributed by atoms with Gasteiger partial charge >= 0.3 is 19.3 Å². The van der Waals surface area contributed by atoms with Crippen LogP contribution >= 0.6 is 0 Å². The lowest BCUT2D eigenvalue weighted by atomic mass is 9.90. The Morgan fingerprint density at radius 3 is 1.40 bits per heavy atom. The van der Waals surface area contributed by atoms with Gasteiger partial charge in [0.25, 0.3) is 0 Å². The van der Waals surface area contributed by atoms with E-state index in [9.17, 15) is 39.6 Å². The van der Waals surface area contributed by atoms with Crippen molar-refractivity contribution >= 4 is 64.2 Å². The summed E-state index contributed by atoms with van der Waals surface area (Å²) in [4.78, 5) is 60.7. The highest BCUT2D eigenvalue weighted by Gasteiger charge is 2.31. The van der Waals surface area contributed by atoms with Crippen LogP contribution in [0.5, 0.6) is 23.0 Å². The van der Waals surface area contributed by atoms with E-state index < -0.39 is 19.3 Å². The van der Waals surface area contributed by atoms with Crippen molar-refractivity contribution in [3.63, 3.8) is 0 Å². The van der Waals surface area contributed by atoms with Gasteiger partial charge in [0.05, 0.1) is 31.1 Å². The second-order valence-electron chi connectivity index (χ2n) is 22.3. The highest BCUT2D eigenvalue weighted by molar-refractivity contribution is 6.43. The third-order valence-corrected chi connectivity index (χ3v) is 16.4. The van der Waals surface area contributed by atoms with Crippen molar-refractivity contribution in [3.8, 4) is 114 Å². The fourth-order valence-electron chi connectivity index (χ4n) is 11.8. The van der Waals surface area contributed by atoms with E-state index in [1.54, 1.807) is 135 Å². The van der Waals surface area contributed by atoms with E-state index in [-0.39, 0.29) is 73.5 Å². The van der Waals surface area contributed by atoms with Crippen LogP contribution in [0.2, 0.25) is 0 Å². The molecule has 0 amide bonds. The van der Waals surface area contributed by atoms with Crippen LogP contribution in [0.25, 0.3) is 94.8 Å². The van der Waals surface area contributed by atoms with Crippen molar-refractivity contribution in [1.82, 2.24) is 4.48 Å². The summed E-state index contributed by atoms with van der Waals surface area (Å²) in [5, 5.41) is 42.7. The number of aromatic nitrogens is 1. The molecule has 15 nitrogen and oxygen atoms in total. The summed E-state index contributed by atoms with van der Waals surface area (Å²) in [5.41, 5.74) is 8.08. The number of hydrogen-bond donors (Lipinski definition) is 4. The summed E-state index contributed by atoms with van der Waals surface area (Å²) in [6, 6.07) is 56.7. The molecule has 0 saturated heterocycles. The first-order chi connectivity index (χ1) is 46.5. The molecule has 5 aliphatic rings. The zero-order chi connectivity index (χ0) is 66.5. The molecule has 2 aliphatic carbocycles. The molecule has 1 aromatic heterocycles. The molecule has 0 atom stereocenters. The standard InChI is InChI=1S/C78H46BF2N3O12/c1-93-55-25-17-47(18-26-55)63-41-67(49-13-7-43(8-14-49)3-5-45-11-29-57(65(35-45)77(89)90)73-59-31-21-51(85)37-69(59)95-70-38-52(86)22-32-60(70)73)82-75(63)83-76-64(48-19-27-56(94-2)28-20-48)42-68(84(76)79(80)81)50-15-9-44(10-16-50)4-6-46-12-30-58(66(36-46)78(91)92)74-61-33-23-53(87)39-71(61)96-72-40-54(88)24-34-62(72)74/h7-42,85,87H,1-2H3,(H,89,90)(H,91,92)/b83-75-. The van der Waals surface area contributed by atoms with Crippen molar-refractivity contribution in [2.45, 2.75) is 0 Å². The average molecular weight is 1270 g/mol. The highest BCUT2D eigenvalue weighted by atomic mass is 19.2. The highest BCUT2D eigenvalue weighted by Crippen LogP contribution is 2.46. The van der Waals surface area contributed by atoms with Gasteiger partial charge in [0.15, 0.2) is 16.7 Å². The molecule has 0 spiro atoms. The van der Waals surface area contributed by atoms with Crippen LogP contribution in [0.4, 0.5) is 14.4 Å². The number of aromatic hydroxyl groups is 2. The van der Waals surface area contributed by atoms with E-state index in [0.29, 0.717) is 117 Å². The molecular weight excluding hydrogens is 1220 g/mol. The summed E-state index contributed by atoms with van der Waals surface area (Å²) in [5.74, 6) is 11.4. The Bertz CT molecular complexity index is 5670. The number of nitrogens with zero attached hydrogens (tertiary/aromatic N) is 3. The van der Waals surface area contributed by atoms with Gasteiger partial charge in [-0.05, 0) is 161 Å². The maximum atomic E-state index is 16.1. The molecule has 14 rings (SSSR count). The van der Waals surface area contributed by atoms with Gasteiger partial charge in [-0.1, -0.05) is 84.3 Å². The number of carboxylic acids is 2. The molecule has 0 unspecified atom stereocenters. The number of methoxy groups -OCH3 is 2. The molecule has 18 heteroatoms. The van der Waals surface area contributed by atoms with Crippen molar-refractivity contribution in [2.75, 3.05) is 14.2 Å². The van der Waals surface area contributed by atoms with Crippen molar-refractivity contribution in [2.24, 2.45) is 9.98 Å². The van der Waals surface area contributed by atoms with Crippen LogP contribution in [-0.4, -0.2) is 70.0 Å². The number of aromatic carboxylic acids is 2. The Hall–Kier alpha value is -13.3. The third-order valence-electron chi connectivity index (χ3n) is 16.4. The molecule has 9 aromatic rings. The Morgan fingerprint density at radius 2 is 0.927 bits per heavy atom. The molecule has 4 N–H and O–H groups in total. The minimum absolute atomic E-state index is 0.0504. The maximum Gasteiger partial charge on any atom is 0.679 e. The lowest BCUT2D eigenvalue weighted by molar-refractivity contribution is 0.0687. The Labute approximate surface area is 544 Å². The van der Waals surface area contributed by atoms with E-state index in [0.717, 1.165) is 4.48 Å². The third kappa shape index (κ3) is 11.5. The van der Waals surface area contributed by atoms with E-state index in [1.165, 1.54) is 67.8 Å². The molecule has 0 radical (unpaired) electrons. The topological polar surface area (TPSA) is 224 Å². The number of ether oxygens (including phenoxy) is 2. The Balaban J connectivity index is 0.798. The number of hydrogen-bond acceptors (Lipinski definition) is 11. The quantitative estimate of drug-likeness (QED) is 0.0509. The average Bonchev–Trinajstić information content (AvgIpc) is 1.03. The van der Waals surface area contributed by atoms with Gasteiger partial charge in [-0.15, -0.1) is 0 Å². The summed E-state index contributed by atoms with van der Waals surface area (Å²) in [6.07, 6.45) is 1.83. The van der Waals surface area contributed by atoms with Crippen molar-refractivity contribution in [1.29, 1.82) is 0 Å². The van der Waals surface area contributed by atoms with Gasteiger partial charge in [-0.25, -0.2) is 19.6 Å². The molecule has 8 aromatic carbocycles. The van der Waals surface area contributed by atoms with E-state index in [1.807, 2.05) is 30.3 Å². The van der Waals surface area contributed by atoms with Crippen LogP contribution in [0, 0.1) is 23.7 Å². The van der Waals surface area contributed by atoms with Crippen LogP contribution in [0.1, 0.15) is 54.1 Å². The number of carboxylic acid groups (broad SMARTS) is 2. The number of amidine groups is 1. The van der Waals surface area contributed by atoms with E-state index in [2.05, 4.69) is 23.7 Å². The number of fused-ring (bicyclic) bond motifs is 4. The van der Waals surface area contributed by atoms with Gasteiger partial charge in [0.1, 0.15) is 51.5 Å². The minimum atomic E-state index is -3.11. The molecule has 3 aliphatic heterocycles. The number of carbonyl (C=O) groups is 2. The smallest absolute Gasteiger partial charge is 0.508 e. The number of benzene rings is 10. The Morgan fingerprint density at radius 1 is 0.490 bits per heavy atom. The van der Waals surface area contributed by atoms with Gasteiger partial charge in [0, 0.05) is 102 Å². The van der Waals surface area contributed by atoms with Crippen LogP contribution < -0.4 is 20.3 Å². The fourth-order valence-corrected chi connectivity index (χ4v) is 11.8. The van der Waals surface area contributed by atoms with Crippen LogP contribution in [-0.2, 0) is 0 Å². The summed E-state index contributed by atoms with van der Waals surface area (Å²) in [7, 11) is -0.0343. The lowest BCUT2D eigenvalue weighted by Crippen LogP contribution is -2.14. The molecule has 4 heterocycles. The van der Waals surface area contributed by atoms with E-state index >= 15 is 8.63 Å². The monoisotopic (exact) mass is 1270 g/mol. The zero-order valence-electron chi connectivity index (χ0n) is 50.5. The largest absolute Gasteiger partial charge is 0.679 e. The summed E-state index contributed by atoms with van der Waals surface area (Å²) < 4.78 is 55.9. The van der Waals surface area contributed by atoms with Crippen LogP contribution in [0.15, 0.2) is 247 Å². The molecule has 0 fully saturated rings. The maximum absolute atomic E-state index is 16.1. The minimum Gasteiger partial charge on any atom is -0.508 e. The van der Waals surface area contributed by atoms with Crippen molar-refractivity contribution < 1.29 is 57.0 Å². The summed E-state index contributed by atoms with van der Waals surface area (Å²) >= 11 is 0. The second-order valence-corrected chi connectivity index (χ2v) is 22.3. The van der Waals surface area contributed by atoms with Gasteiger partial charge in [-0.2, -0.15) is 0 Å². The van der Waals surface area contributed by atoms with Gasteiger partial charge in [-0.3, -0.25) is 18.2 Å². The predicted molar refractivity (Wildman–Crippen MR) is 365 cm³/mol. The first kappa shape index (κ1) is 60.3. The zero-order valence-corrected chi connectivity index (χ0v) is 50.5. The number of halogens is 2. The molecule has 462 valence electrons. The predicted octanol–water partition coefficient (Wildman–Crippen LogP) is 15.6. The number of aliphatic imine (C=N–C) groups is 2. The first-order valence-corrected chi connectivity index (χ1v) is 29.7. The second kappa shape index (κ2) is 24.7. The number of rotatable bonds is 12. The normalized spacial score (nSPS) is 12.3. The first-order valence-electron chi connectivity index (χ1n) is 29.7. The molecule has 96 heavy (non-hydrogen) atoms. The van der Waals surface area contributed by atoms with Crippen molar-refractivity contribution in [3.05, 3.63) is 283 Å². The summed E-state index contributed by atoms with van der Waals surface area (Å²) in [6.45, 7) is 0. The fraction of sp³-hybridized carbons (Fsp3) is 0.0256.